The molecule has 2 aliphatic rings. The lowest BCUT2D eigenvalue weighted by Crippen LogP contribution is -2.12. The van der Waals surface area contributed by atoms with Gasteiger partial charge in [-0.05, 0) is 45.4 Å². The minimum Gasteiger partial charge on any atom is -0.235 e. The lowest BCUT2D eigenvalue weighted by atomic mass is 9.99. The molecule has 0 aromatic heterocycles. The maximum absolute atomic E-state index is 11.5. The largest absolute Gasteiger partial charge is 0.235 e. The van der Waals surface area contributed by atoms with Crippen molar-refractivity contribution in [2.75, 3.05) is 0 Å². The van der Waals surface area contributed by atoms with Crippen molar-refractivity contribution in [2.24, 2.45) is 16.2 Å². The first kappa shape index (κ1) is 9.38. The molecule has 3 heteroatoms. The van der Waals surface area contributed by atoms with Crippen LogP contribution in [-0.2, 0) is 11.0 Å². The average Bonchev–Trinajstić information content (AvgIpc) is 2.83. The van der Waals surface area contributed by atoms with Crippen LogP contribution in [0.2, 0.25) is 0 Å². The molecule has 0 heterocycles. The fraction of sp³-hybridized carbons (Fsp3) is 0.900. The fourth-order valence-electron chi connectivity index (χ4n) is 2.04. The van der Waals surface area contributed by atoms with Crippen molar-refractivity contribution in [3.05, 3.63) is 0 Å². The van der Waals surface area contributed by atoms with Crippen LogP contribution in [-0.4, -0.2) is 15.2 Å². The van der Waals surface area contributed by atoms with E-state index in [-0.39, 0.29) is 5.25 Å². The highest BCUT2D eigenvalue weighted by Gasteiger charge is 2.43. The minimum absolute atomic E-state index is 0.173. The van der Waals surface area contributed by atoms with Gasteiger partial charge in [0.05, 0.1) is 5.25 Å². The quantitative estimate of drug-likeness (QED) is 0.671. The van der Waals surface area contributed by atoms with Crippen LogP contribution in [0.5, 0.6) is 0 Å². The Morgan fingerprint density at radius 2 is 2.31 bits per heavy atom. The van der Waals surface area contributed by atoms with E-state index in [0.29, 0.717) is 0 Å². The predicted molar refractivity (Wildman–Crippen MR) is 56.2 cm³/mol. The highest BCUT2D eigenvalue weighted by atomic mass is 32.2. The van der Waals surface area contributed by atoms with Crippen LogP contribution in [0.25, 0.3) is 0 Å². The van der Waals surface area contributed by atoms with Gasteiger partial charge >= 0.3 is 0 Å². The van der Waals surface area contributed by atoms with E-state index in [4.69, 9.17) is 0 Å². The molecule has 2 saturated carbocycles. The van der Waals surface area contributed by atoms with Crippen LogP contribution >= 0.6 is 0 Å². The van der Waals surface area contributed by atoms with E-state index >= 15 is 0 Å². The molecule has 3 atom stereocenters. The lowest BCUT2D eigenvalue weighted by Gasteiger charge is -2.11. The molecule has 0 N–H and O–H groups in total. The molecule has 0 radical (unpaired) electrons. The van der Waals surface area contributed by atoms with Gasteiger partial charge in [-0.1, -0.05) is 0 Å². The average molecular weight is 199 g/mol. The van der Waals surface area contributed by atoms with E-state index in [2.05, 4.69) is 4.40 Å². The zero-order chi connectivity index (χ0) is 9.42. The maximum Gasteiger partial charge on any atom is 0.141 e. The molecule has 0 aliphatic heterocycles. The van der Waals surface area contributed by atoms with Gasteiger partial charge in [-0.3, -0.25) is 0 Å². The topological polar surface area (TPSA) is 29.4 Å². The summed E-state index contributed by atoms with van der Waals surface area (Å²) in [6.45, 7) is 3.93. The summed E-state index contributed by atoms with van der Waals surface area (Å²) in [5.41, 5.74) is 1.25. The third-order valence-corrected chi connectivity index (χ3v) is 4.19. The zero-order valence-corrected chi connectivity index (χ0v) is 9.14. The highest BCUT2D eigenvalue weighted by molar-refractivity contribution is 7.84. The Hall–Kier alpha value is -0.180. The summed E-state index contributed by atoms with van der Waals surface area (Å²) in [4.78, 5) is 0. The Morgan fingerprint density at radius 1 is 1.54 bits per heavy atom. The van der Waals surface area contributed by atoms with Gasteiger partial charge in [0.15, 0.2) is 0 Å². The van der Waals surface area contributed by atoms with Gasteiger partial charge in [-0.25, -0.2) is 4.21 Å². The molecular formula is C10H17NOS. The van der Waals surface area contributed by atoms with Crippen LogP contribution in [0.4, 0.5) is 0 Å². The Balaban J connectivity index is 2.03. The standard InChI is InChI=1S/C10H17NOS/c1-7(2)13(12)11-10-5-3-4-8-6-9(8)10/h7-9H,3-6H2,1-2H3/b11-10+. The summed E-state index contributed by atoms with van der Waals surface area (Å²) in [7, 11) is -0.975. The molecule has 0 aromatic rings. The minimum atomic E-state index is -0.975. The van der Waals surface area contributed by atoms with Crippen LogP contribution in [0.3, 0.4) is 0 Å². The molecule has 2 rings (SSSR count). The van der Waals surface area contributed by atoms with Crippen molar-refractivity contribution in [1.29, 1.82) is 0 Å². The first-order valence-corrected chi connectivity index (χ1v) is 6.33. The van der Waals surface area contributed by atoms with Crippen molar-refractivity contribution >= 4 is 16.7 Å². The molecular weight excluding hydrogens is 182 g/mol. The van der Waals surface area contributed by atoms with Crippen molar-refractivity contribution in [2.45, 2.75) is 44.8 Å². The first-order valence-electron chi connectivity index (χ1n) is 5.16. The molecule has 13 heavy (non-hydrogen) atoms. The first-order chi connectivity index (χ1) is 6.18. The van der Waals surface area contributed by atoms with Crippen molar-refractivity contribution in [3.8, 4) is 0 Å². The third kappa shape index (κ3) is 2.01. The Bertz CT molecular complexity index is 260. The van der Waals surface area contributed by atoms with Crippen molar-refractivity contribution in [1.82, 2.24) is 0 Å². The van der Waals surface area contributed by atoms with Crippen LogP contribution in [0.1, 0.15) is 39.5 Å². The number of nitrogens with zero attached hydrogens (tertiary/aromatic N) is 1. The second-order valence-electron chi connectivity index (χ2n) is 4.40. The van der Waals surface area contributed by atoms with Gasteiger partial charge in [-0.15, -0.1) is 0 Å². The normalized spacial score (nSPS) is 37.6. The predicted octanol–water partition coefficient (Wildman–Crippen LogP) is 2.32. The summed E-state index contributed by atoms with van der Waals surface area (Å²) >= 11 is 0. The van der Waals surface area contributed by atoms with Gasteiger partial charge in [0, 0.05) is 11.6 Å². The Kier molecular flexibility index (Phi) is 2.54. The lowest BCUT2D eigenvalue weighted by molar-refractivity contribution is 0.628. The van der Waals surface area contributed by atoms with Crippen LogP contribution in [0.15, 0.2) is 4.40 Å². The monoisotopic (exact) mass is 199 g/mol. The van der Waals surface area contributed by atoms with E-state index < -0.39 is 11.0 Å². The van der Waals surface area contributed by atoms with Gasteiger partial charge in [-0.2, -0.15) is 4.40 Å². The second-order valence-corrected chi connectivity index (χ2v) is 6.08. The van der Waals surface area contributed by atoms with E-state index in [9.17, 15) is 4.21 Å². The summed E-state index contributed by atoms with van der Waals surface area (Å²) in [6, 6.07) is 0. The Labute approximate surface area is 82.4 Å². The smallest absolute Gasteiger partial charge is 0.141 e. The highest BCUT2D eigenvalue weighted by Crippen LogP contribution is 2.48. The molecule has 0 bridgehead atoms. The molecule has 74 valence electrons. The Morgan fingerprint density at radius 3 is 3.00 bits per heavy atom. The van der Waals surface area contributed by atoms with Gasteiger partial charge in [0.1, 0.15) is 11.0 Å². The van der Waals surface area contributed by atoms with Gasteiger partial charge < -0.3 is 0 Å². The summed E-state index contributed by atoms with van der Waals surface area (Å²) in [6.07, 6.45) is 5.04. The van der Waals surface area contributed by atoms with Crippen LogP contribution < -0.4 is 0 Å². The maximum atomic E-state index is 11.5. The summed E-state index contributed by atoms with van der Waals surface area (Å²) in [5, 5.41) is 0.173. The van der Waals surface area contributed by atoms with E-state index in [0.717, 1.165) is 18.3 Å². The SMILES string of the molecule is CC(C)S(=O)/N=C1\CCCC2CC12. The van der Waals surface area contributed by atoms with E-state index in [1.807, 2.05) is 13.8 Å². The van der Waals surface area contributed by atoms with Crippen molar-refractivity contribution in [3.63, 3.8) is 0 Å². The van der Waals surface area contributed by atoms with Gasteiger partial charge in [0.25, 0.3) is 0 Å². The van der Waals surface area contributed by atoms with E-state index in [1.165, 1.54) is 25.0 Å². The van der Waals surface area contributed by atoms with Crippen LogP contribution in [0, 0.1) is 11.8 Å². The molecule has 0 aromatic carbocycles. The number of fused-ring (bicyclic) bond motifs is 1. The molecule has 2 aliphatic carbocycles. The summed E-state index contributed by atoms with van der Waals surface area (Å²) in [5.74, 6) is 1.62. The zero-order valence-electron chi connectivity index (χ0n) is 8.32. The molecule has 0 spiro atoms. The summed E-state index contributed by atoms with van der Waals surface area (Å²) < 4.78 is 15.8. The number of hydrogen-bond donors (Lipinski definition) is 0. The van der Waals surface area contributed by atoms with E-state index in [1.54, 1.807) is 0 Å². The molecule has 0 saturated heterocycles. The molecule has 2 nitrogen and oxygen atoms in total. The molecule has 2 fully saturated rings. The second kappa shape index (κ2) is 3.52. The molecule has 0 amide bonds. The fourth-order valence-corrected chi connectivity index (χ4v) is 2.71. The number of rotatable bonds is 2. The van der Waals surface area contributed by atoms with Gasteiger partial charge in [0.2, 0.25) is 0 Å². The number of hydrogen-bond acceptors (Lipinski definition) is 1. The molecule has 3 unspecified atom stereocenters. The van der Waals surface area contributed by atoms with Crippen molar-refractivity contribution < 1.29 is 4.21 Å². The third-order valence-electron chi connectivity index (χ3n) is 2.97.